The number of para-hydroxylation sites is 1. The number of nitrogens with zero attached hydrogens (tertiary/aromatic N) is 1. The van der Waals surface area contributed by atoms with Crippen LogP contribution in [0.15, 0.2) is 28.7 Å². The van der Waals surface area contributed by atoms with Gasteiger partial charge in [0.2, 0.25) is 0 Å². The van der Waals surface area contributed by atoms with E-state index >= 15 is 0 Å². The quantitative estimate of drug-likeness (QED) is 0.847. The van der Waals surface area contributed by atoms with Gasteiger partial charge in [0.15, 0.2) is 0 Å². The molecule has 0 spiro atoms. The lowest BCUT2D eigenvalue weighted by molar-refractivity contribution is 0.588. The summed E-state index contributed by atoms with van der Waals surface area (Å²) < 4.78 is 1.19. The van der Waals surface area contributed by atoms with E-state index in [0.717, 1.165) is 26.2 Å². The van der Waals surface area contributed by atoms with E-state index in [4.69, 9.17) is 0 Å². The standard InChI is InChI=1S/C10H13BrN2.ClH/c11-9-3-1-2-4-10(9)13-7-5-12-6-8-13;/h1-4,12H,5-8H2;1H. The largest absolute Gasteiger partial charge is 0.368 e. The number of benzene rings is 1. The van der Waals surface area contributed by atoms with E-state index < -0.39 is 0 Å². The van der Waals surface area contributed by atoms with Crippen molar-refractivity contribution in [1.82, 2.24) is 5.32 Å². The van der Waals surface area contributed by atoms with Crippen LogP contribution in [0.5, 0.6) is 0 Å². The van der Waals surface area contributed by atoms with E-state index in [1.54, 1.807) is 0 Å². The summed E-state index contributed by atoms with van der Waals surface area (Å²) in [5, 5.41) is 3.35. The Balaban J connectivity index is 0.000000980. The number of anilines is 1. The molecule has 0 atom stereocenters. The van der Waals surface area contributed by atoms with Gasteiger partial charge in [-0.15, -0.1) is 12.4 Å². The summed E-state index contributed by atoms with van der Waals surface area (Å²) in [7, 11) is 0. The molecule has 0 aromatic heterocycles. The van der Waals surface area contributed by atoms with Gasteiger partial charge in [0.25, 0.3) is 0 Å². The topological polar surface area (TPSA) is 15.3 Å². The molecular formula is C10H14BrClN2. The van der Waals surface area contributed by atoms with Crippen LogP contribution in [-0.2, 0) is 0 Å². The zero-order valence-electron chi connectivity index (χ0n) is 7.87. The maximum Gasteiger partial charge on any atom is 0.0511 e. The van der Waals surface area contributed by atoms with Crippen LogP contribution in [-0.4, -0.2) is 26.2 Å². The molecule has 1 aliphatic heterocycles. The average Bonchev–Trinajstić information content (AvgIpc) is 2.20. The van der Waals surface area contributed by atoms with Crippen molar-refractivity contribution < 1.29 is 0 Å². The second kappa shape index (κ2) is 5.59. The molecule has 2 nitrogen and oxygen atoms in total. The highest BCUT2D eigenvalue weighted by molar-refractivity contribution is 9.10. The Bertz CT molecular complexity index is 287. The van der Waals surface area contributed by atoms with E-state index in [1.807, 2.05) is 0 Å². The first-order valence-corrected chi connectivity index (χ1v) is 5.37. The molecule has 1 aromatic rings. The molecule has 0 aliphatic carbocycles. The van der Waals surface area contributed by atoms with Crippen LogP contribution in [0.4, 0.5) is 5.69 Å². The summed E-state index contributed by atoms with van der Waals surface area (Å²) >= 11 is 3.57. The molecule has 1 heterocycles. The lowest BCUT2D eigenvalue weighted by atomic mass is 10.2. The summed E-state index contributed by atoms with van der Waals surface area (Å²) in [6, 6.07) is 8.39. The van der Waals surface area contributed by atoms with Crippen LogP contribution in [0.1, 0.15) is 0 Å². The maximum atomic E-state index is 3.57. The van der Waals surface area contributed by atoms with Crippen molar-refractivity contribution >= 4 is 34.0 Å². The van der Waals surface area contributed by atoms with Gasteiger partial charge in [0.1, 0.15) is 0 Å². The highest BCUT2D eigenvalue weighted by atomic mass is 79.9. The van der Waals surface area contributed by atoms with Gasteiger partial charge in [-0.25, -0.2) is 0 Å². The zero-order chi connectivity index (χ0) is 9.10. The van der Waals surface area contributed by atoms with E-state index in [1.165, 1.54) is 10.2 Å². The minimum atomic E-state index is 0. The van der Waals surface area contributed by atoms with Gasteiger partial charge in [0.05, 0.1) is 5.69 Å². The Morgan fingerprint density at radius 3 is 2.43 bits per heavy atom. The number of hydrogen-bond acceptors (Lipinski definition) is 2. The molecule has 2 rings (SSSR count). The highest BCUT2D eigenvalue weighted by Gasteiger charge is 2.11. The third-order valence-electron chi connectivity index (χ3n) is 2.31. The van der Waals surface area contributed by atoms with Gasteiger partial charge in [0, 0.05) is 30.7 Å². The van der Waals surface area contributed by atoms with Gasteiger partial charge < -0.3 is 10.2 Å². The fraction of sp³-hybridized carbons (Fsp3) is 0.400. The van der Waals surface area contributed by atoms with Crippen molar-refractivity contribution in [2.45, 2.75) is 0 Å². The molecule has 0 radical (unpaired) electrons. The average molecular weight is 278 g/mol. The summed E-state index contributed by atoms with van der Waals surface area (Å²) in [5.41, 5.74) is 1.31. The molecule has 0 saturated carbocycles. The number of nitrogens with one attached hydrogen (secondary N) is 1. The first-order valence-electron chi connectivity index (χ1n) is 4.58. The van der Waals surface area contributed by atoms with E-state index in [0.29, 0.717) is 0 Å². The summed E-state index contributed by atoms with van der Waals surface area (Å²) in [4.78, 5) is 2.40. The van der Waals surface area contributed by atoms with E-state index in [2.05, 4.69) is 50.4 Å². The van der Waals surface area contributed by atoms with Gasteiger partial charge in [-0.05, 0) is 28.1 Å². The second-order valence-electron chi connectivity index (χ2n) is 3.19. The fourth-order valence-corrected chi connectivity index (χ4v) is 2.15. The Kier molecular flexibility index (Phi) is 4.72. The van der Waals surface area contributed by atoms with Crippen LogP contribution in [0.25, 0.3) is 0 Å². The molecule has 1 aliphatic rings. The van der Waals surface area contributed by atoms with Crippen LogP contribution in [0.3, 0.4) is 0 Å². The van der Waals surface area contributed by atoms with E-state index in [9.17, 15) is 0 Å². The van der Waals surface area contributed by atoms with Crippen molar-refractivity contribution in [2.75, 3.05) is 31.1 Å². The number of hydrogen-bond donors (Lipinski definition) is 1. The van der Waals surface area contributed by atoms with Gasteiger partial charge >= 0.3 is 0 Å². The molecule has 0 bridgehead atoms. The number of rotatable bonds is 1. The first kappa shape index (κ1) is 11.8. The van der Waals surface area contributed by atoms with Crippen molar-refractivity contribution in [1.29, 1.82) is 0 Å². The molecular weight excluding hydrogens is 263 g/mol. The molecule has 1 fully saturated rings. The molecule has 1 N–H and O–H groups in total. The minimum absolute atomic E-state index is 0. The van der Waals surface area contributed by atoms with Crippen LogP contribution in [0, 0.1) is 0 Å². The smallest absolute Gasteiger partial charge is 0.0511 e. The second-order valence-corrected chi connectivity index (χ2v) is 4.04. The predicted molar refractivity (Wildman–Crippen MR) is 66.5 cm³/mol. The third-order valence-corrected chi connectivity index (χ3v) is 2.98. The Hall–Kier alpha value is -0.250. The normalized spacial score (nSPS) is 16.2. The summed E-state index contributed by atoms with van der Waals surface area (Å²) in [6.07, 6.45) is 0. The first-order chi connectivity index (χ1) is 6.38. The fourth-order valence-electron chi connectivity index (χ4n) is 1.61. The van der Waals surface area contributed by atoms with Gasteiger partial charge in [-0.1, -0.05) is 12.1 Å². The molecule has 0 amide bonds. The van der Waals surface area contributed by atoms with Gasteiger partial charge in [-0.2, -0.15) is 0 Å². The predicted octanol–water partition coefficient (Wildman–Crippen LogP) is 2.28. The number of piperazine rings is 1. The SMILES string of the molecule is Brc1ccccc1N1CCNCC1.Cl. The zero-order valence-corrected chi connectivity index (χ0v) is 10.3. The van der Waals surface area contributed by atoms with Gasteiger partial charge in [-0.3, -0.25) is 0 Å². The molecule has 78 valence electrons. The monoisotopic (exact) mass is 276 g/mol. The molecule has 1 saturated heterocycles. The van der Waals surface area contributed by atoms with Crippen LogP contribution >= 0.6 is 28.3 Å². The molecule has 1 aromatic carbocycles. The molecule has 0 unspecified atom stereocenters. The summed E-state index contributed by atoms with van der Waals surface area (Å²) in [5.74, 6) is 0. The summed E-state index contributed by atoms with van der Waals surface area (Å²) in [6.45, 7) is 4.37. The van der Waals surface area contributed by atoms with Crippen molar-refractivity contribution in [2.24, 2.45) is 0 Å². The Labute approximate surface area is 99.2 Å². The maximum absolute atomic E-state index is 3.57. The minimum Gasteiger partial charge on any atom is -0.368 e. The Morgan fingerprint density at radius 2 is 1.79 bits per heavy atom. The van der Waals surface area contributed by atoms with Crippen molar-refractivity contribution in [3.05, 3.63) is 28.7 Å². The van der Waals surface area contributed by atoms with Crippen molar-refractivity contribution in [3.63, 3.8) is 0 Å². The molecule has 14 heavy (non-hydrogen) atoms. The lowest BCUT2D eigenvalue weighted by Gasteiger charge is -2.30. The Morgan fingerprint density at radius 1 is 1.14 bits per heavy atom. The van der Waals surface area contributed by atoms with Crippen LogP contribution < -0.4 is 10.2 Å². The molecule has 4 heteroatoms. The van der Waals surface area contributed by atoms with E-state index in [-0.39, 0.29) is 12.4 Å². The lowest BCUT2D eigenvalue weighted by Crippen LogP contribution is -2.43. The van der Waals surface area contributed by atoms with Crippen LogP contribution in [0.2, 0.25) is 0 Å². The highest BCUT2D eigenvalue weighted by Crippen LogP contribution is 2.25. The third kappa shape index (κ3) is 2.62. The number of halogens is 2. The van der Waals surface area contributed by atoms with Crippen molar-refractivity contribution in [3.8, 4) is 0 Å².